The maximum atomic E-state index is 11.7. The van der Waals surface area contributed by atoms with E-state index in [0.29, 0.717) is 34.3 Å². The van der Waals surface area contributed by atoms with Crippen molar-refractivity contribution in [3.05, 3.63) is 40.1 Å². The van der Waals surface area contributed by atoms with Gasteiger partial charge in [-0.25, -0.2) is 14.8 Å². The van der Waals surface area contributed by atoms with Crippen molar-refractivity contribution in [2.75, 3.05) is 11.4 Å². The van der Waals surface area contributed by atoms with Crippen LogP contribution in [-0.2, 0) is 6.54 Å². The molecule has 4 aromatic rings. The first-order valence-electron chi connectivity index (χ1n) is 13.2. The number of aromatic amines is 1. The quantitative estimate of drug-likeness (QED) is 0.367. The van der Waals surface area contributed by atoms with Crippen molar-refractivity contribution in [2.45, 2.75) is 65.5 Å². The Morgan fingerprint density at radius 2 is 1.89 bits per heavy atom. The first-order valence-corrected chi connectivity index (χ1v) is 13.6. The van der Waals surface area contributed by atoms with Crippen molar-refractivity contribution in [3.8, 4) is 22.8 Å². The van der Waals surface area contributed by atoms with Crippen LogP contribution in [0.4, 0.5) is 5.95 Å². The number of anilines is 1. The number of hydrogen-bond donors (Lipinski definition) is 1. The molecule has 5 heterocycles. The van der Waals surface area contributed by atoms with Crippen LogP contribution < -0.4 is 10.7 Å². The van der Waals surface area contributed by atoms with Crippen LogP contribution in [0.1, 0.15) is 52.9 Å². The van der Waals surface area contributed by atoms with Gasteiger partial charge in [-0.3, -0.25) is 14.5 Å². The molecule has 1 saturated heterocycles. The molecule has 0 amide bonds. The zero-order valence-corrected chi connectivity index (χ0v) is 22.2. The Labute approximate surface area is 220 Å². The van der Waals surface area contributed by atoms with E-state index in [2.05, 4.69) is 45.4 Å². The molecule has 1 saturated carbocycles. The number of rotatable bonds is 5. The van der Waals surface area contributed by atoms with Crippen LogP contribution in [0.3, 0.4) is 0 Å². The molecule has 1 N–H and O–H groups in total. The standard InChI is InChI=1S/C27H32ClN7O2/c1-15-4-6-18(7-5-15)14-35-24-21(31-26(35)34-13-16(2)8-17(34)3)10-22(25-32-27(36)37-33-25)30-23(24)19-9-20(28)12-29-11-19/h9-12,15-18H,4-8,13-14H2,1-3H3,(H,32,33,36)/t15-,16-,17-,18-/m1/s1. The molecule has 6 rings (SSSR count). The molecule has 0 aromatic carbocycles. The van der Waals surface area contributed by atoms with E-state index in [0.717, 1.165) is 48.0 Å². The van der Waals surface area contributed by atoms with Crippen molar-refractivity contribution < 1.29 is 4.52 Å². The fraction of sp³-hybridized carbons (Fsp3) is 0.519. The molecule has 0 spiro atoms. The molecule has 194 valence electrons. The molecule has 4 aromatic heterocycles. The highest BCUT2D eigenvalue weighted by Crippen LogP contribution is 2.39. The topological polar surface area (TPSA) is 106 Å². The van der Waals surface area contributed by atoms with Crippen LogP contribution in [0.25, 0.3) is 33.8 Å². The maximum absolute atomic E-state index is 11.7. The Balaban J connectivity index is 1.58. The first kappa shape index (κ1) is 24.2. The van der Waals surface area contributed by atoms with Gasteiger partial charge in [0.05, 0.1) is 21.7 Å². The molecule has 0 radical (unpaired) electrons. The van der Waals surface area contributed by atoms with Crippen LogP contribution in [0.5, 0.6) is 0 Å². The van der Waals surface area contributed by atoms with E-state index in [1.165, 1.54) is 25.7 Å². The van der Waals surface area contributed by atoms with Crippen LogP contribution in [-0.4, -0.2) is 42.2 Å². The van der Waals surface area contributed by atoms with Gasteiger partial charge in [-0.05, 0) is 56.1 Å². The molecule has 37 heavy (non-hydrogen) atoms. The summed E-state index contributed by atoms with van der Waals surface area (Å²) in [6.45, 7) is 8.79. The van der Waals surface area contributed by atoms with Crippen molar-refractivity contribution in [2.24, 2.45) is 17.8 Å². The van der Waals surface area contributed by atoms with Crippen LogP contribution in [0, 0.1) is 17.8 Å². The average molecular weight is 522 g/mol. The fourth-order valence-electron chi connectivity index (χ4n) is 6.09. The lowest BCUT2D eigenvalue weighted by Crippen LogP contribution is -2.30. The Morgan fingerprint density at radius 3 is 2.57 bits per heavy atom. The molecule has 0 bridgehead atoms. The second-order valence-electron chi connectivity index (χ2n) is 11.0. The highest BCUT2D eigenvalue weighted by Gasteiger charge is 2.32. The van der Waals surface area contributed by atoms with Gasteiger partial charge in [-0.2, -0.15) is 0 Å². The third kappa shape index (κ3) is 4.65. The SMILES string of the molecule is C[C@@H]1C[C@@H](C)N(c2nc3cc(-c4noc(=O)[nH]4)nc(-c4cncc(Cl)c4)c3n2C[C@H]2CC[C@H](C)CC2)C1. The van der Waals surface area contributed by atoms with Gasteiger partial charge in [0.15, 0.2) is 0 Å². The molecule has 2 atom stereocenters. The number of aromatic nitrogens is 6. The largest absolute Gasteiger partial charge is 0.439 e. The monoisotopic (exact) mass is 521 g/mol. The second kappa shape index (κ2) is 9.59. The number of fused-ring (bicyclic) bond motifs is 1. The number of hydrogen-bond acceptors (Lipinski definition) is 7. The van der Waals surface area contributed by atoms with Crippen molar-refractivity contribution in [1.82, 2.24) is 29.7 Å². The molecule has 10 heteroatoms. The lowest BCUT2D eigenvalue weighted by Gasteiger charge is -2.29. The van der Waals surface area contributed by atoms with Crippen LogP contribution in [0.2, 0.25) is 5.02 Å². The number of nitrogens with zero attached hydrogens (tertiary/aromatic N) is 6. The van der Waals surface area contributed by atoms with E-state index in [4.69, 9.17) is 26.1 Å². The Morgan fingerprint density at radius 1 is 1.08 bits per heavy atom. The molecule has 2 fully saturated rings. The molecule has 1 aliphatic carbocycles. The third-order valence-corrected chi connectivity index (χ3v) is 8.19. The lowest BCUT2D eigenvalue weighted by molar-refractivity contribution is 0.267. The lowest BCUT2D eigenvalue weighted by atomic mass is 9.83. The number of pyridine rings is 2. The highest BCUT2D eigenvalue weighted by molar-refractivity contribution is 6.30. The minimum atomic E-state index is -0.625. The van der Waals surface area contributed by atoms with Crippen LogP contribution >= 0.6 is 11.6 Å². The van der Waals surface area contributed by atoms with Crippen molar-refractivity contribution in [1.29, 1.82) is 0 Å². The Kier molecular flexibility index (Phi) is 6.26. The average Bonchev–Trinajstić information content (AvgIpc) is 3.56. The summed E-state index contributed by atoms with van der Waals surface area (Å²) in [5.41, 5.74) is 3.75. The summed E-state index contributed by atoms with van der Waals surface area (Å²) in [5, 5.41) is 4.41. The third-order valence-electron chi connectivity index (χ3n) is 7.98. The fourth-order valence-corrected chi connectivity index (χ4v) is 6.26. The second-order valence-corrected chi connectivity index (χ2v) is 11.5. The van der Waals surface area contributed by atoms with Gasteiger partial charge in [0.1, 0.15) is 5.69 Å². The van der Waals surface area contributed by atoms with Gasteiger partial charge in [-0.1, -0.05) is 43.4 Å². The summed E-state index contributed by atoms with van der Waals surface area (Å²) in [7, 11) is 0. The summed E-state index contributed by atoms with van der Waals surface area (Å²) in [5.74, 6) is 2.60. The number of H-pyrrole nitrogens is 1. The number of nitrogens with one attached hydrogen (secondary N) is 1. The van der Waals surface area contributed by atoms with Crippen molar-refractivity contribution in [3.63, 3.8) is 0 Å². The zero-order chi connectivity index (χ0) is 25.7. The summed E-state index contributed by atoms with van der Waals surface area (Å²) in [6, 6.07) is 4.15. The smallest absolute Gasteiger partial charge is 0.339 e. The van der Waals surface area contributed by atoms with Gasteiger partial charge >= 0.3 is 5.76 Å². The molecule has 9 nitrogen and oxygen atoms in total. The molecule has 0 unspecified atom stereocenters. The zero-order valence-electron chi connectivity index (χ0n) is 21.4. The summed E-state index contributed by atoms with van der Waals surface area (Å²) in [4.78, 5) is 31.3. The normalized spacial score (nSPS) is 24.3. The van der Waals surface area contributed by atoms with Gasteiger partial charge < -0.3 is 9.47 Å². The van der Waals surface area contributed by atoms with Crippen LogP contribution in [0.15, 0.2) is 33.8 Å². The summed E-state index contributed by atoms with van der Waals surface area (Å²) >= 11 is 6.36. The van der Waals surface area contributed by atoms with E-state index >= 15 is 0 Å². The predicted octanol–water partition coefficient (Wildman–Crippen LogP) is 5.55. The summed E-state index contributed by atoms with van der Waals surface area (Å²) < 4.78 is 7.15. The molecular weight excluding hydrogens is 490 g/mol. The maximum Gasteiger partial charge on any atom is 0.439 e. The first-order chi connectivity index (χ1) is 17.9. The van der Waals surface area contributed by atoms with Gasteiger partial charge in [0.2, 0.25) is 11.8 Å². The Hall–Kier alpha value is -3.20. The summed E-state index contributed by atoms with van der Waals surface area (Å²) in [6.07, 6.45) is 9.47. The van der Waals surface area contributed by atoms with E-state index in [9.17, 15) is 4.79 Å². The minimum absolute atomic E-state index is 0.267. The van der Waals surface area contributed by atoms with Gasteiger partial charge in [0.25, 0.3) is 0 Å². The molecule has 1 aliphatic heterocycles. The Bertz CT molecular complexity index is 1480. The predicted molar refractivity (Wildman–Crippen MR) is 144 cm³/mol. The van der Waals surface area contributed by atoms with E-state index in [-0.39, 0.29) is 5.82 Å². The van der Waals surface area contributed by atoms with E-state index in [1.54, 1.807) is 12.4 Å². The highest BCUT2D eigenvalue weighted by atomic mass is 35.5. The van der Waals surface area contributed by atoms with E-state index in [1.807, 2.05) is 12.1 Å². The number of imidazole rings is 1. The molecule has 2 aliphatic rings. The van der Waals surface area contributed by atoms with Gasteiger partial charge in [-0.15, -0.1) is 0 Å². The van der Waals surface area contributed by atoms with Crippen molar-refractivity contribution >= 4 is 28.6 Å². The molecular formula is C27H32ClN7O2. The van der Waals surface area contributed by atoms with Gasteiger partial charge in [0, 0.05) is 37.1 Å². The minimum Gasteiger partial charge on any atom is -0.339 e. The number of halogens is 1. The van der Waals surface area contributed by atoms with E-state index < -0.39 is 5.76 Å².